The molecule has 0 radical (unpaired) electrons. The fraction of sp³-hybridized carbons (Fsp3) is 0.562. The summed E-state index contributed by atoms with van der Waals surface area (Å²) >= 11 is 0. The second-order valence-corrected chi connectivity index (χ2v) is 6.65. The smallest absolute Gasteiger partial charge is 0.239 e. The van der Waals surface area contributed by atoms with Crippen LogP contribution in [0.2, 0.25) is 0 Å². The highest BCUT2D eigenvalue weighted by atomic mass is 35.5. The summed E-state index contributed by atoms with van der Waals surface area (Å²) in [6, 6.07) is 6.41. The number of halogens is 2. The van der Waals surface area contributed by atoms with Crippen LogP contribution in [0, 0.1) is 11.7 Å². The molecule has 2 heterocycles. The van der Waals surface area contributed by atoms with E-state index in [4.69, 9.17) is 0 Å². The maximum absolute atomic E-state index is 13.4. The van der Waals surface area contributed by atoms with E-state index in [0.29, 0.717) is 6.04 Å². The summed E-state index contributed by atoms with van der Waals surface area (Å²) in [6.07, 6.45) is 1.01. The van der Waals surface area contributed by atoms with Gasteiger partial charge >= 0.3 is 0 Å². The largest absolute Gasteiger partial charge is 0.346 e. The molecule has 1 aromatic rings. The quantitative estimate of drug-likeness (QED) is 0.663. The number of carbonyl (C=O) groups is 1. The maximum Gasteiger partial charge on any atom is 0.239 e. The van der Waals surface area contributed by atoms with E-state index in [1.807, 2.05) is 19.9 Å². The number of hydrazine groups is 1. The molecule has 3 unspecified atom stereocenters. The third-order valence-corrected chi connectivity index (χ3v) is 4.65. The highest BCUT2D eigenvalue weighted by molar-refractivity contribution is 5.85. The lowest BCUT2D eigenvalue weighted by Crippen LogP contribution is -2.53. The highest BCUT2D eigenvalue weighted by Gasteiger charge is 2.42. The number of hydrogen-bond acceptors (Lipinski definition) is 4. The van der Waals surface area contributed by atoms with Gasteiger partial charge in [0.15, 0.2) is 0 Å². The molecule has 23 heavy (non-hydrogen) atoms. The van der Waals surface area contributed by atoms with E-state index in [-0.39, 0.29) is 36.1 Å². The number of rotatable bonds is 3. The summed E-state index contributed by atoms with van der Waals surface area (Å²) in [4.78, 5) is 12.6. The topological polar surface area (TPSA) is 65.2 Å². The van der Waals surface area contributed by atoms with Gasteiger partial charge < -0.3 is 10.6 Å². The third kappa shape index (κ3) is 3.83. The number of nitrogens with one attached hydrogen (secondary N) is 4. The number of benzene rings is 1. The van der Waals surface area contributed by atoms with Crippen molar-refractivity contribution in [1.29, 1.82) is 0 Å². The summed E-state index contributed by atoms with van der Waals surface area (Å²) in [6.45, 7) is 5.57. The Morgan fingerprint density at radius 1 is 1.35 bits per heavy atom. The molecular weight excluding hydrogens is 319 g/mol. The van der Waals surface area contributed by atoms with Gasteiger partial charge in [-0.15, -0.1) is 12.4 Å². The first-order chi connectivity index (χ1) is 10.5. The molecule has 2 fully saturated rings. The van der Waals surface area contributed by atoms with Crippen molar-refractivity contribution >= 4 is 18.3 Å². The first-order valence-electron chi connectivity index (χ1n) is 7.77. The minimum absolute atomic E-state index is 0. The predicted octanol–water partition coefficient (Wildman–Crippen LogP) is 1.05. The van der Waals surface area contributed by atoms with Crippen LogP contribution in [0.3, 0.4) is 0 Å². The van der Waals surface area contributed by atoms with E-state index < -0.39 is 5.54 Å². The molecule has 5 nitrogen and oxygen atoms in total. The summed E-state index contributed by atoms with van der Waals surface area (Å²) in [5.41, 5.74) is 6.45. The second-order valence-electron chi connectivity index (χ2n) is 6.65. The summed E-state index contributed by atoms with van der Waals surface area (Å²) in [5, 5.41) is 6.37. The van der Waals surface area contributed by atoms with Crippen molar-refractivity contribution in [2.45, 2.75) is 37.9 Å². The lowest BCUT2D eigenvalue weighted by molar-refractivity contribution is -0.125. The van der Waals surface area contributed by atoms with Crippen LogP contribution in [0.5, 0.6) is 0 Å². The molecule has 3 rings (SSSR count). The Bertz CT molecular complexity index is 569. The van der Waals surface area contributed by atoms with Crippen molar-refractivity contribution in [3.8, 4) is 0 Å². The standard InChI is InChI=1S/C16H23FN4O.ClH/c1-16(2,10-4-3-5-11(17)8-10)19-15(22)14-12-9-18-7-6-13(12)20-21-14;/h3-5,8,12-14,18,20-21H,6-7,9H2,1-2H3,(H,19,22);1H. The van der Waals surface area contributed by atoms with Gasteiger partial charge in [0.1, 0.15) is 11.9 Å². The van der Waals surface area contributed by atoms with Gasteiger partial charge in [-0.2, -0.15) is 0 Å². The fourth-order valence-corrected chi connectivity index (χ4v) is 3.31. The van der Waals surface area contributed by atoms with Gasteiger partial charge in [-0.25, -0.2) is 9.82 Å². The zero-order valence-corrected chi connectivity index (χ0v) is 14.2. The average molecular weight is 343 g/mol. The Labute approximate surface area is 142 Å². The number of carbonyl (C=O) groups excluding carboxylic acids is 1. The predicted molar refractivity (Wildman–Crippen MR) is 89.6 cm³/mol. The van der Waals surface area contributed by atoms with Crippen LogP contribution in [-0.2, 0) is 10.3 Å². The normalized spacial score (nSPS) is 27.0. The molecule has 0 saturated carbocycles. The van der Waals surface area contributed by atoms with E-state index >= 15 is 0 Å². The zero-order chi connectivity index (χ0) is 15.7. The lowest BCUT2D eigenvalue weighted by Gasteiger charge is -2.31. The van der Waals surface area contributed by atoms with Gasteiger partial charge in [0.2, 0.25) is 5.91 Å². The molecule has 1 aromatic carbocycles. The first-order valence-corrected chi connectivity index (χ1v) is 7.77. The number of fused-ring (bicyclic) bond motifs is 1. The second kappa shape index (κ2) is 7.13. The number of amides is 1. The van der Waals surface area contributed by atoms with Crippen LogP contribution in [0.15, 0.2) is 24.3 Å². The summed E-state index contributed by atoms with van der Waals surface area (Å²) < 4.78 is 13.4. The number of hydrogen-bond donors (Lipinski definition) is 4. The van der Waals surface area contributed by atoms with Gasteiger partial charge in [-0.05, 0) is 44.5 Å². The van der Waals surface area contributed by atoms with Crippen molar-refractivity contribution < 1.29 is 9.18 Å². The zero-order valence-electron chi connectivity index (χ0n) is 13.4. The van der Waals surface area contributed by atoms with E-state index in [1.54, 1.807) is 6.07 Å². The van der Waals surface area contributed by atoms with Gasteiger partial charge in [0.25, 0.3) is 0 Å². The van der Waals surface area contributed by atoms with Crippen LogP contribution in [0.25, 0.3) is 0 Å². The van der Waals surface area contributed by atoms with Crippen molar-refractivity contribution in [1.82, 2.24) is 21.5 Å². The van der Waals surface area contributed by atoms with Crippen LogP contribution < -0.4 is 21.5 Å². The average Bonchev–Trinajstić information content (AvgIpc) is 2.91. The molecule has 2 aliphatic rings. The Kier molecular flexibility index (Phi) is 5.62. The highest BCUT2D eigenvalue weighted by Crippen LogP contribution is 2.24. The van der Waals surface area contributed by atoms with Crippen LogP contribution in [0.4, 0.5) is 4.39 Å². The molecule has 3 atom stereocenters. The molecular formula is C16H24ClFN4O. The molecule has 1 amide bonds. The Hall–Kier alpha value is -1.21. The van der Waals surface area contributed by atoms with E-state index in [9.17, 15) is 9.18 Å². The lowest BCUT2D eigenvalue weighted by atomic mass is 9.87. The van der Waals surface area contributed by atoms with Crippen molar-refractivity contribution in [2.24, 2.45) is 5.92 Å². The molecule has 128 valence electrons. The molecule has 0 bridgehead atoms. The van der Waals surface area contributed by atoms with Gasteiger partial charge in [0, 0.05) is 18.5 Å². The first kappa shape index (κ1) is 18.1. The van der Waals surface area contributed by atoms with Gasteiger partial charge in [0.05, 0.1) is 5.54 Å². The molecule has 7 heteroatoms. The van der Waals surface area contributed by atoms with E-state index in [1.165, 1.54) is 12.1 Å². The van der Waals surface area contributed by atoms with Crippen LogP contribution in [-0.4, -0.2) is 31.1 Å². The Balaban J connectivity index is 0.00000192. The molecule has 2 aliphatic heterocycles. The minimum atomic E-state index is -0.624. The Morgan fingerprint density at radius 3 is 2.87 bits per heavy atom. The molecule has 4 N–H and O–H groups in total. The summed E-state index contributed by atoms with van der Waals surface area (Å²) in [5.74, 6) is -0.118. The number of piperidine rings is 1. The van der Waals surface area contributed by atoms with E-state index in [0.717, 1.165) is 25.1 Å². The SMILES string of the molecule is CC(C)(NC(=O)C1NNC2CCNCC21)c1cccc(F)c1.Cl. The van der Waals surface area contributed by atoms with Gasteiger partial charge in [-0.1, -0.05) is 12.1 Å². The fourth-order valence-electron chi connectivity index (χ4n) is 3.31. The van der Waals surface area contributed by atoms with Crippen molar-refractivity contribution in [3.05, 3.63) is 35.6 Å². The van der Waals surface area contributed by atoms with Crippen LogP contribution in [0.1, 0.15) is 25.8 Å². The molecule has 0 aliphatic carbocycles. The summed E-state index contributed by atoms with van der Waals surface area (Å²) in [7, 11) is 0. The molecule has 0 aromatic heterocycles. The molecule has 2 saturated heterocycles. The Morgan fingerprint density at radius 2 is 2.13 bits per heavy atom. The minimum Gasteiger partial charge on any atom is -0.346 e. The van der Waals surface area contributed by atoms with Crippen molar-refractivity contribution in [3.63, 3.8) is 0 Å². The monoisotopic (exact) mass is 342 g/mol. The molecule has 0 spiro atoms. The van der Waals surface area contributed by atoms with Crippen molar-refractivity contribution in [2.75, 3.05) is 13.1 Å². The third-order valence-electron chi connectivity index (χ3n) is 4.65. The van der Waals surface area contributed by atoms with Crippen LogP contribution >= 0.6 is 12.4 Å². The van der Waals surface area contributed by atoms with E-state index in [2.05, 4.69) is 21.5 Å². The van der Waals surface area contributed by atoms with Gasteiger partial charge in [-0.3, -0.25) is 10.2 Å². The maximum atomic E-state index is 13.4.